The predicted octanol–water partition coefficient (Wildman–Crippen LogP) is 8.01. The van der Waals surface area contributed by atoms with E-state index in [0.717, 1.165) is 31.2 Å². The van der Waals surface area contributed by atoms with Crippen molar-refractivity contribution >= 4 is 10.8 Å². The lowest BCUT2D eigenvalue weighted by Crippen LogP contribution is -2.05. The molecule has 3 aromatic rings. The van der Waals surface area contributed by atoms with Crippen LogP contribution in [-0.4, -0.2) is 0 Å². The van der Waals surface area contributed by atoms with E-state index in [2.05, 4.69) is 13.5 Å². The summed E-state index contributed by atoms with van der Waals surface area (Å²) >= 11 is 0. The average Bonchev–Trinajstić information content (AvgIpc) is 2.77. The fourth-order valence-corrected chi connectivity index (χ4v) is 4.01. The van der Waals surface area contributed by atoms with E-state index < -0.39 is 11.4 Å². The van der Waals surface area contributed by atoms with Gasteiger partial charge in [-0.3, -0.25) is 0 Å². The van der Waals surface area contributed by atoms with Gasteiger partial charge >= 0.3 is 5.63 Å². The molecule has 0 aliphatic heterocycles. The molecule has 3 rings (SSSR count). The van der Waals surface area contributed by atoms with Gasteiger partial charge in [0.05, 0.1) is 0 Å². The Morgan fingerprint density at radius 1 is 0.935 bits per heavy atom. The second kappa shape index (κ2) is 11.6. The largest absolute Gasteiger partial charge is 0.427 e. The van der Waals surface area contributed by atoms with Crippen LogP contribution >= 0.6 is 0 Å². The number of aryl methyl sites for hydroxylation is 2. The topological polar surface area (TPSA) is 30.2 Å². The van der Waals surface area contributed by atoms with Crippen LogP contribution in [0.4, 0.5) is 4.39 Å². The normalized spacial score (nSPS) is 11.2. The van der Waals surface area contributed by atoms with Gasteiger partial charge in [0, 0.05) is 12.0 Å². The van der Waals surface area contributed by atoms with Crippen molar-refractivity contribution in [2.24, 2.45) is 0 Å². The van der Waals surface area contributed by atoms with E-state index in [1.165, 1.54) is 37.7 Å². The van der Waals surface area contributed by atoms with Gasteiger partial charge in [-0.1, -0.05) is 87.9 Å². The highest BCUT2D eigenvalue weighted by Crippen LogP contribution is 2.28. The third-order valence-electron chi connectivity index (χ3n) is 5.85. The minimum Gasteiger partial charge on any atom is -0.427 e. The first-order valence-corrected chi connectivity index (χ1v) is 11.6. The highest BCUT2D eigenvalue weighted by atomic mass is 19.1. The molecule has 0 spiro atoms. The number of fused-ring (bicyclic) bond motifs is 1. The Hall–Kier alpha value is -2.68. The molecule has 0 bridgehead atoms. The van der Waals surface area contributed by atoms with Gasteiger partial charge in [0.25, 0.3) is 0 Å². The predicted molar refractivity (Wildman–Crippen MR) is 128 cm³/mol. The molecule has 0 radical (unpaired) electrons. The Morgan fingerprint density at radius 2 is 1.65 bits per heavy atom. The zero-order valence-electron chi connectivity index (χ0n) is 18.6. The Balaban J connectivity index is 1.72. The number of halogens is 1. The first-order chi connectivity index (χ1) is 15.1. The smallest absolute Gasteiger partial charge is 0.346 e. The van der Waals surface area contributed by atoms with Crippen molar-refractivity contribution < 1.29 is 8.81 Å². The van der Waals surface area contributed by atoms with Gasteiger partial charge in [0.2, 0.25) is 0 Å². The maximum absolute atomic E-state index is 15.2. The minimum atomic E-state index is -0.586. The van der Waals surface area contributed by atoms with Crippen LogP contribution in [0.25, 0.3) is 21.9 Å². The first-order valence-electron chi connectivity index (χ1n) is 11.6. The summed E-state index contributed by atoms with van der Waals surface area (Å²) in [5.41, 5.74) is 1.78. The summed E-state index contributed by atoms with van der Waals surface area (Å²) in [7, 11) is 0. The number of rotatable bonds is 12. The molecule has 164 valence electrons. The lowest BCUT2D eigenvalue weighted by molar-refractivity contribution is 0.452. The Labute approximate surface area is 184 Å². The van der Waals surface area contributed by atoms with Gasteiger partial charge in [0.15, 0.2) is 0 Å². The molecular formula is C28H33FO2. The molecule has 0 aliphatic carbocycles. The molecule has 0 fully saturated rings. The molecule has 1 aromatic heterocycles. The molecule has 0 atom stereocenters. The zero-order valence-corrected chi connectivity index (χ0v) is 18.6. The maximum Gasteiger partial charge on any atom is 0.346 e. The molecule has 0 aliphatic rings. The third-order valence-corrected chi connectivity index (χ3v) is 5.85. The van der Waals surface area contributed by atoms with E-state index in [9.17, 15) is 4.79 Å². The summed E-state index contributed by atoms with van der Waals surface area (Å²) in [6.45, 7) is 5.96. The van der Waals surface area contributed by atoms with Gasteiger partial charge in [0.1, 0.15) is 17.0 Å². The number of hydrogen-bond acceptors (Lipinski definition) is 2. The van der Waals surface area contributed by atoms with E-state index in [-0.39, 0.29) is 5.39 Å². The quantitative estimate of drug-likeness (QED) is 0.219. The second-order valence-corrected chi connectivity index (χ2v) is 8.29. The standard InChI is InChI=1S/C28H33FO2/c1-3-5-7-8-9-10-11-13-24-20-23-18-19-25(27(29)26(23)28(30)31-24)22-16-14-21(15-17-22)12-6-4-2/h4,14-20H,2-3,5-13H2,1H3. The van der Waals surface area contributed by atoms with Gasteiger partial charge in [-0.2, -0.15) is 0 Å². The van der Waals surface area contributed by atoms with Crippen LogP contribution in [0.1, 0.15) is 69.6 Å². The van der Waals surface area contributed by atoms with Crippen LogP contribution in [-0.2, 0) is 12.8 Å². The first kappa shape index (κ1) is 23.0. The van der Waals surface area contributed by atoms with Crippen molar-refractivity contribution in [2.45, 2.75) is 71.1 Å². The molecule has 0 amide bonds. The SMILES string of the molecule is C=CCCc1ccc(-c2ccc3cc(CCCCCCCCC)oc(=O)c3c2F)cc1. The molecular weight excluding hydrogens is 387 g/mol. The number of allylic oxidation sites excluding steroid dienone is 1. The number of unbranched alkanes of at least 4 members (excludes halogenated alkanes) is 6. The van der Waals surface area contributed by atoms with E-state index in [1.807, 2.05) is 42.5 Å². The fourth-order valence-electron chi connectivity index (χ4n) is 4.01. The highest BCUT2D eigenvalue weighted by molar-refractivity contribution is 5.87. The summed E-state index contributed by atoms with van der Waals surface area (Å²) in [6.07, 6.45) is 12.9. The van der Waals surface area contributed by atoms with Gasteiger partial charge in [-0.05, 0) is 41.8 Å². The van der Waals surface area contributed by atoms with E-state index in [4.69, 9.17) is 4.42 Å². The molecule has 31 heavy (non-hydrogen) atoms. The summed E-state index contributed by atoms with van der Waals surface area (Å²) in [5.74, 6) is 0.136. The van der Waals surface area contributed by atoms with E-state index >= 15 is 4.39 Å². The van der Waals surface area contributed by atoms with Crippen molar-refractivity contribution in [1.29, 1.82) is 0 Å². The van der Waals surface area contributed by atoms with E-state index in [0.29, 0.717) is 23.1 Å². The lowest BCUT2D eigenvalue weighted by Gasteiger charge is -2.09. The maximum atomic E-state index is 15.2. The molecule has 2 nitrogen and oxygen atoms in total. The molecule has 0 N–H and O–H groups in total. The van der Waals surface area contributed by atoms with Crippen LogP contribution < -0.4 is 5.63 Å². The van der Waals surface area contributed by atoms with Gasteiger partial charge < -0.3 is 4.42 Å². The molecule has 0 unspecified atom stereocenters. The monoisotopic (exact) mass is 420 g/mol. The second-order valence-electron chi connectivity index (χ2n) is 8.29. The van der Waals surface area contributed by atoms with Crippen molar-refractivity contribution in [1.82, 2.24) is 0 Å². The average molecular weight is 421 g/mol. The molecule has 2 aromatic carbocycles. The Morgan fingerprint density at radius 3 is 2.35 bits per heavy atom. The molecule has 3 heteroatoms. The van der Waals surface area contributed by atoms with Gasteiger partial charge in [-0.25, -0.2) is 9.18 Å². The fraction of sp³-hybridized carbons (Fsp3) is 0.393. The number of hydrogen-bond donors (Lipinski definition) is 0. The van der Waals surface area contributed by atoms with Crippen LogP contribution in [0.2, 0.25) is 0 Å². The van der Waals surface area contributed by atoms with Crippen molar-refractivity contribution in [2.75, 3.05) is 0 Å². The summed E-state index contributed by atoms with van der Waals surface area (Å²) in [5, 5.41) is 0.648. The third kappa shape index (κ3) is 6.16. The van der Waals surface area contributed by atoms with Crippen LogP contribution in [0.3, 0.4) is 0 Å². The molecule has 0 saturated carbocycles. The van der Waals surface area contributed by atoms with E-state index in [1.54, 1.807) is 6.07 Å². The Kier molecular flexibility index (Phi) is 8.63. The highest BCUT2D eigenvalue weighted by Gasteiger charge is 2.15. The summed E-state index contributed by atoms with van der Waals surface area (Å²) in [4.78, 5) is 12.6. The Bertz CT molecular complexity index is 1050. The zero-order chi connectivity index (χ0) is 22.1. The van der Waals surface area contributed by atoms with Gasteiger partial charge in [-0.15, -0.1) is 6.58 Å². The summed E-state index contributed by atoms with van der Waals surface area (Å²) < 4.78 is 20.7. The number of benzene rings is 2. The lowest BCUT2D eigenvalue weighted by atomic mass is 9.99. The minimum absolute atomic E-state index is 0.0385. The van der Waals surface area contributed by atoms with Crippen molar-refractivity contribution in [3.05, 3.63) is 82.7 Å². The van der Waals surface area contributed by atoms with Crippen LogP contribution in [0, 0.1) is 5.82 Å². The molecule has 0 saturated heterocycles. The van der Waals surface area contributed by atoms with Crippen molar-refractivity contribution in [3.63, 3.8) is 0 Å². The summed E-state index contributed by atoms with van der Waals surface area (Å²) in [6, 6.07) is 13.2. The van der Waals surface area contributed by atoms with Crippen LogP contribution in [0.5, 0.6) is 0 Å². The van der Waals surface area contributed by atoms with Crippen LogP contribution in [0.15, 0.2) is 64.3 Å². The van der Waals surface area contributed by atoms with Crippen molar-refractivity contribution in [3.8, 4) is 11.1 Å². The molecule has 1 heterocycles.